The number of nitrogens with one attached hydrogen (secondary N) is 1. The van der Waals surface area contributed by atoms with Gasteiger partial charge in [-0.25, -0.2) is 4.68 Å². The normalized spacial score (nSPS) is 18.5. The van der Waals surface area contributed by atoms with Gasteiger partial charge in [-0.2, -0.15) is 5.10 Å². The van der Waals surface area contributed by atoms with Gasteiger partial charge in [-0.3, -0.25) is 9.69 Å². The van der Waals surface area contributed by atoms with Gasteiger partial charge in [0.25, 0.3) is 0 Å². The summed E-state index contributed by atoms with van der Waals surface area (Å²) >= 11 is 6.02. The number of hydrogen-bond acceptors (Lipinski definition) is 4. The lowest BCUT2D eigenvalue weighted by Gasteiger charge is -2.32. The third-order valence-electron chi connectivity index (χ3n) is 4.06. The molecule has 1 aromatic heterocycles. The average Bonchev–Trinajstić information content (AvgIpc) is 2.96. The maximum absolute atomic E-state index is 12.3. The molecule has 0 saturated carbocycles. The average molecular weight is 349 g/mol. The minimum Gasteiger partial charge on any atom is -0.379 e. The Labute approximate surface area is 146 Å². The van der Waals surface area contributed by atoms with Crippen LogP contribution in [0.5, 0.6) is 0 Å². The monoisotopic (exact) mass is 348 g/mol. The SMILES string of the molecule is C[C@H]1COCCN1CC(=O)Nc1ccnn1Cc1cccc(Cl)c1. The van der Waals surface area contributed by atoms with Gasteiger partial charge >= 0.3 is 0 Å². The quantitative estimate of drug-likeness (QED) is 0.900. The van der Waals surface area contributed by atoms with E-state index in [9.17, 15) is 4.79 Å². The van der Waals surface area contributed by atoms with Crippen molar-refractivity contribution in [1.29, 1.82) is 0 Å². The summed E-state index contributed by atoms with van der Waals surface area (Å²) in [6.07, 6.45) is 1.68. The summed E-state index contributed by atoms with van der Waals surface area (Å²) < 4.78 is 7.15. The van der Waals surface area contributed by atoms with E-state index >= 15 is 0 Å². The van der Waals surface area contributed by atoms with Crippen LogP contribution < -0.4 is 5.32 Å². The molecular weight excluding hydrogens is 328 g/mol. The summed E-state index contributed by atoms with van der Waals surface area (Å²) in [6.45, 7) is 5.08. The van der Waals surface area contributed by atoms with Crippen molar-refractivity contribution in [3.8, 4) is 0 Å². The Hall–Kier alpha value is -1.89. The first-order chi connectivity index (χ1) is 11.6. The third-order valence-corrected chi connectivity index (χ3v) is 4.29. The highest BCUT2D eigenvalue weighted by Gasteiger charge is 2.21. The van der Waals surface area contributed by atoms with Crippen LogP contribution in [-0.2, 0) is 16.1 Å². The van der Waals surface area contributed by atoms with Crippen molar-refractivity contribution in [2.45, 2.75) is 19.5 Å². The third kappa shape index (κ3) is 4.35. The number of anilines is 1. The van der Waals surface area contributed by atoms with Crippen molar-refractivity contribution in [3.05, 3.63) is 47.1 Å². The first kappa shape index (κ1) is 17.0. The number of aromatic nitrogens is 2. The van der Waals surface area contributed by atoms with Gasteiger partial charge in [0.2, 0.25) is 5.91 Å². The molecule has 1 N–H and O–H groups in total. The molecule has 0 aliphatic carbocycles. The van der Waals surface area contributed by atoms with Crippen LogP contribution in [-0.4, -0.2) is 52.9 Å². The minimum absolute atomic E-state index is 0.0448. The van der Waals surface area contributed by atoms with E-state index in [0.717, 1.165) is 12.1 Å². The Morgan fingerprint density at radius 3 is 3.12 bits per heavy atom. The van der Waals surface area contributed by atoms with E-state index in [1.54, 1.807) is 16.9 Å². The predicted molar refractivity (Wildman–Crippen MR) is 93.3 cm³/mol. The number of nitrogens with zero attached hydrogens (tertiary/aromatic N) is 3. The summed E-state index contributed by atoms with van der Waals surface area (Å²) in [6, 6.07) is 9.66. The highest BCUT2D eigenvalue weighted by Crippen LogP contribution is 2.15. The number of amides is 1. The number of hydrogen-bond donors (Lipinski definition) is 1. The summed E-state index contributed by atoms with van der Waals surface area (Å²) in [5.41, 5.74) is 1.03. The number of benzene rings is 1. The van der Waals surface area contributed by atoms with Crippen LogP contribution in [0.15, 0.2) is 36.5 Å². The van der Waals surface area contributed by atoms with E-state index in [-0.39, 0.29) is 11.9 Å². The van der Waals surface area contributed by atoms with Gasteiger partial charge in [0.15, 0.2) is 0 Å². The van der Waals surface area contributed by atoms with Crippen LogP contribution in [0.3, 0.4) is 0 Å². The summed E-state index contributed by atoms with van der Waals surface area (Å²) in [7, 11) is 0. The Kier molecular flexibility index (Phi) is 5.50. The van der Waals surface area contributed by atoms with Gasteiger partial charge in [0.05, 0.1) is 32.5 Å². The van der Waals surface area contributed by atoms with Crippen LogP contribution in [0.4, 0.5) is 5.82 Å². The Morgan fingerprint density at radius 2 is 2.33 bits per heavy atom. The van der Waals surface area contributed by atoms with Crippen molar-refractivity contribution >= 4 is 23.3 Å². The molecule has 2 heterocycles. The van der Waals surface area contributed by atoms with E-state index in [4.69, 9.17) is 16.3 Å². The van der Waals surface area contributed by atoms with E-state index < -0.39 is 0 Å². The van der Waals surface area contributed by atoms with Crippen LogP contribution in [0.2, 0.25) is 5.02 Å². The number of morpholine rings is 1. The van der Waals surface area contributed by atoms with Crippen molar-refractivity contribution in [3.63, 3.8) is 0 Å². The molecule has 1 fully saturated rings. The number of carbonyl (C=O) groups excluding carboxylic acids is 1. The zero-order valence-electron chi connectivity index (χ0n) is 13.6. The number of halogens is 1. The molecule has 1 aromatic carbocycles. The molecule has 1 atom stereocenters. The minimum atomic E-state index is -0.0448. The van der Waals surface area contributed by atoms with Crippen molar-refractivity contribution in [2.75, 3.05) is 31.6 Å². The molecule has 0 bridgehead atoms. The van der Waals surface area contributed by atoms with Gasteiger partial charge in [-0.15, -0.1) is 0 Å². The number of ether oxygens (including phenoxy) is 1. The number of carbonyl (C=O) groups is 1. The Bertz CT molecular complexity index is 703. The molecule has 1 amide bonds. The van der Waals surface area contributed by atoms with E-state index in [2.05, 4.69) is 22.2 Å². The maximum Gasteiger partial charge on any atom is 0.239 e. The lowest BCUT2D eigenvalue weighted by atomic mass is 10.2. The smallest absolute Gasteiger partial charge is 0.239 e. The second-order valence-electron chi connectivity index (χ2n) is 5.95. The van der Waals surface area contributed by atoms with Gasteiger partial charge < -0.3 is 10.1 Å². The second kappa shape index (κ2) is 7.79. The molecule has 1 saturated heterocycles. The fourth-order valence-electron chi connectivity index (χ4n) is 2.74. The predicted octanol–water partition coefficient (Wildman–Crippen LogP) is 2.24. The first-order valence-electron chi connectivity index (χ1n) is 8.00. The highest BCUT2D eigenvalue weighted by atomic mass is 35.5. The second-order valence-corrected chi connectivity index (χ2v) is 6.38. The first-order valence-corrected chi connectivity index (χ1v) is 8.37. The molecule has 3 rings (SSSR count). The van der Waals surface area contributed by atoms with Crippen molar-refractivity contribution < 1.29 is 9.53 Å². The van der Waals surface area contributed by atoms with Gasteiger partial charge in [-0.1, -0.05) is 23.7 Å². The molecular formula is C17H21ClN4O2. The lowest BCUT2D eigenvalue weighted by Crippen LogP contribution is -2.47. The fourth-order valence-corrected chi connectivity index (χ4v) is 2.95. The molecule has 0 radical (unpaired) electrons. The summed E-state index contributed by atoms with van der Waals surface area (Å²) in [5.74, 6) is 0.637. The molecule has 0 spiro atoms. The topological polar surface area (TPSA) is 59.4 Å². The molecule has 128 valence electrons. The van der Waals surface area contributed by atoms with Crippen molar-refractivity contribution in [2.24, 2.45) is 0 Å². The molecule has 24 heavy (non-hydrogen) atoms. The Balaban J connectivity index is 1.61. The van der Waals surface area contributed by atoms with Crippen LogP contribution in [0.1, 0.15) is 12.5 Å². The highest BCUT2D eigenvalue weighted by molar-refractivity contribution is 6.30. The van der Waals surface area contributed by atoms with Gasteiger partial charge in [-0.05, 0) is 24.6 Å². The number of rotatable bonds is 5. The van der Waals surface area contributed by atoms with E-state index in [1.807, 2.05) is 24.3 Å². The zero-order chi connectivity index (χ0) is 16.9. The molecule has 0 unspecified atom stereocenters. The summed E-state index contributed by atoms with van der Waals surface area (Å²) in [5, 5.41) is 7.91. The maximum atomic E-state index is 12.3. The molecule has 6 nitrogen and oxygen atoms in total. The van der Waals surface area contributed by atoms with Crippen LogP contribution in [0, 0.1) is 0 Å². The van der Waals surface area contributed by atoms with Crippen LogP contribution >= 0.6 is 11.6 Å². The van der Waals surface area contributed by atoms with Crippen LogP contribution in [0.25, 0.3) is 0 Å². The fraction of sp³-hybridized carbons (Fsp3) is 0.412. The molecule has 1 aliphatic heterocycles. The standard InChI is InChI=1S/C17H21ClN4O2/c1-13-12-24-8-7-21(13)11-17(23)20-16-5-6-19-22(16)10-14-3-2-4-15(18)9-14/h2-6,9,13H,7-8,10-12H2,1H3,(H,20,23)/t13-/m0/s1. The molecule has 2 aromatic rings. The van der Waals surface area contributed by atoms with E-state index in [0.29, 0.717) is 37.1 Å². The van der Waals surface area contributed by atoms with Gasteiger partial charge in [0.1, 0.15) is 5.82 Å². The zero-order valence-corrected chi connectivity index (χ0v) is 14.4. The summed E-state index contributed by atoms with van der Waals surface area (Å²) in [4.78, 5) is 14.4. The lowest BCUT2D eigenvalue weighted by molar-refractivity contribution is -0.119. The van der Waals surface area contributed by atoms with Crippen molar-refractivity contribution in [1.82, 2.24) is 14.7 Å². The Morgan fingerprint density at radius 1 is 1.46 bits per heavy atom. The molecule has 7 heteroatoms. The molecule has 1 aliphatic rings. The van der Waals surface area contributed by atoms with E-state index in [1.165, 1.54) is 0 Å². The van der Waals surface area contributed by atoms with Gasteiger partial charge in [0, 0.05) is 23.7 Å². The largest absolute Gasteiger partial charge is 0.379 e.